The molecule has 0 N–H and O–H groups in total. The lowest BCUT2D eigenvalue weighted by atomic mass is 10.0. The summed E-state index contributed by atoms with van der Waals surface area (Å²) < 4.78 is 10.5. The number of carbonyl (C=O) groups is 4. The number of esters is 1. The third kappa shape index (κ3) is 5.27. The molecule has 0 saturated heterocycles. The Hall–Kier alpha value is -4.46. The predicted octanol–water partition coefficient (Wildman–Crippen LogP) is 3.10. The molecule has 0 bridgehead atoms. The average molecular weight is 487 g/mol. The van der Waals surface area contributed by atoms with Gasteiger partial charge < -0.3 is 14.4 Å². The zero-order chi connectivity index (χ0) is 25.7. The largest absolute Gasteiger partial charge is 0.497 e. The minimum Gasteiger partial charge on any atom is -0.497 e. The molecule has 3 amide bonds. The lowest BCUT2D eigenvalue weighted by Gasteiger charge is -2.25. The second kappa shape index (κ2) is 10.9. The number of rotatable bonds is 9. The zero-order valence-corrected chi connectivity index (χ0v) is 20.0. The van der Waals surface area contributed by atoms with E-state index in [0.717, 1.165) is 16.0 Å². The Morgan fingerprint density at radius 1 is 0.833 bits per heavy atom. The number of carbonyl (C=O) groups excluding carboxylic acids is 4. The van der Waals surface area contributed by atoms with Crippen LogP contribution < -0.4 is 4.74 Å². The molecule has 3 aromatic carbocycles. The molecule has 36 heavy (non-hydrogen) atoms. The Bertz CT molecular complexity index is 1240. The van der Waals surface area contributed by atoms with E-state index < -0.39 is 36.3 Å². The number of nitrogens with zero attached hydrogens (tertiary/aromatic N) is 2. The molecule has 8 nitrogen and oxygen atoms in total. The summed E-state index contributed by atoms with van der Waals surface area (Å²) >= 11 is 0. The maximum absolute atomic E-state index is 13.2. The molecule has 1 aliphatic heterocycles. The fourth-order valence-electron chi connectivity index (χ4n) is 4.04. The molecule has 0 aliphatic carbocycles. The van der Waals surface area contributed by atoms with Crippen LogP contribution in [0.5, 0.6) is 5.75 Å². The Morgan fingerprint density at radius 2 is 1.42 bits per heavy atom. The van der Waals surface area contributed by atoms with Gasteiger partial charge in [-0.25, -0.2) is 4.79 Å². The molecule has 0 spiro atoms. The Labute approximate surface area is 209 Å². The molecule has 0 unspecified atom stereocenters. The SMILES string of the molecule is COc1ccc(CN(C)C(=O)COC(=O)[C@H](Cc2ccccc2)N2C(=O)c3ccccc3C2=O)cc1. The number of methoxy groups -OCH3 is 1. The molecule has 8 heteroatoms. The highest BCUT2D eigenvalue weighted by molar-refractivity contribution is 6.22. The zero-order valence-electron chi connectivity index (χ0n) is 20.0. The number of fused-ring (bicyclic) bond motifs is 1. The smallest absolute Gasteiger partial charge is 0.330 e. The standard InChI is InChI=1S/C28H26N2O6/c1-29(17-20-12-14-21(35-2)15-13-20)25(31)18-36-28(34)24(16-19-8-4-3-5-9-19)30-26(32)22-10-6-7-11-23(22)27(30)33/h3-15,24H,16-18H2,1-2H3/t24-/m0/s1. The predicted molar refractivity (Wildman–Crippen MR) is 131 cm³/mol. The topological polar surface area (TPSA) is 93.2 Å². The van der Waals surface area contributed by atoms with Gasteiger partial charge in [0, 0.05) is 20.0 Å². The number of hydrogen-bond donors (Lipinski definition) is 0. The van der Waals surface area contributed by atoms with Crippen LogP contribution >= 0.6 is 0 Å². The van der Waals surface area contributed by atoms with Crippen molar-refractivity contribution in [2.45, 2.75) is 19.0 Å². The number of benzene rings is 3. The molecular weight excluding hydrogens is 460 g/mol. The van der Waals surface area contributed by atoms with Crippen molar-refractivity contribution in [1.82, 2.24) is 9.80 Å². The van der Waals surface area contributed by atoms with E-state index in [2.05, 4.69) is 0 Å². The number of imide groups is 1. The first-order chi connectivity index (χ1) is 17.4. The molecule has 0 radical (unpaired) electrons. The first kappa shape index (κ1) is 24.7. The first-order valence-electron chi connectivity index (χ1n) is 11.4. The van der Waals surface area contributed by atoms with Gasteiger partial charge >= 0.3 is 5.97 Å². The average Bonchev–Trinajstić information content (AvgIpc) is 3.16. The van der Waals surface area contributed by atoms with Crippen LogP contribution in [0.15, 0.2) is 78.9 Å². The van der Waals surface area contributed by atoms with E-state index in [0.29, 0.717) is 12.3 Å². The summed E-state index contributed by atoms with van der Waals surface area (Å²) in [6, 6.07) is 21.5. The number of likely N-dealkylation sites (N-methyl/N-ethyl adjacent to an activating group) is 1. The maximum Gasteiger partial charge on any atom is 0.330 e. The minimum atomic E-state index is -1.21. The lowest BCUT2D eigenvalue weighted by Crippen LogP contribution is -2.47. The highest BCUT2D eigenvalue weighted by Gasteiger charge is 2.43. The highest BCUT2D eigenvalue weighted by atomic mass is 16.5. The van der Waals surface area contributed by atoms with Crippen molar-refractivity contribution in [2.75, 3.05) is 20.8 Å². The summed E-state index contributed by atoms with van der Waals surface area (Å²) in [5.74, 6) is -1.65. The van der Waals surface area contributed by atoms with E-state index in [1.165, 1.54) is 4.90 Å². The van der Waals surface area contributed by atoms with Gasteiger partial charge in [-0.2, -0.15) is 0 Å². The van der Waals surface area contributed by atoms with Gasteiger partial charge in [0.25, 0.3) is 17.7 Å². The van der Waals surface area contributed by atoms with Crippen LogP contribution in [0, 0.1) is 0 Å². The molecular formula is C28H26N2O6. The van der Waals surface area contributed by atoms with Crippen molar-refractivity contribution in [1.29, 1.82) is 0 Å². The summed E-state index contributed by atoms with van der Waals surface area (Å²) in [4.78, 5) is 54.3. The summed E-state index contributed by atoms with van der Waals surface area (Å²) in [5.41, 5.74) is 2.11. The quantitative estimate of drug-likeness (QED) is 0.341. The van der Waals surface area contributed by atoms with Crippen molar-refractivity contribution in [3.05, 3.63) is 101 Å². The van der Waals surface area contributed by atoms with Crippen molar-refractivity contribution in [2.24, 2.45) is 0 Å². The van der Waals surface area contributed by atoms with E-state index in [1.807, 2.05) is 18.2 Å². The second-order valence-corrected chi connectivity index (χ2v) is 8.44. The van der Waals surface area contributed by atoms with Crippen LogP contribution in [0.3, 0.4) is 0 Å². The number of ether oxygens (including phenoxy) is 2. The third-order valence-electron chi connectivity index (χ3n) is 6.02. The van der Waals surface area contributed by atoms with Gasteiger partial charge in [-0.05, 0) is 35.4 Å². The first-order valence-corrected chi connectivity index (χ1v) is 11.4. The van der Waals surface area contributed by atoms with Gasteiger partial charge in [0.2, 0.25) is 0 Å². The van der Waals surface area contributed by atoms with Crippen LogP contribution in [0.1, 0.15) is 31.8 Å². The van der Waals surface area contributed by atoms with Gasteiger partial charge in [-0.1, -0.05) is 54.6 Å². The van der Waals surface area contributed by atoms with Crippen LogP contribution in [0.4, 0.5) is 0 Å². The third-order valence-corrected chi connectivity index (χ3v) is 6.02. The van der Waals surface area contributed by atoms with Crippen molar-refractivity contribution in [3.8, 4) is 5.75 Å². The van der Waals surface area contributed by atoms with Crippen molar-refractivity contribution < 1.29 is 28.7 Å². The maximum atomic E-state index is 13.2. The van der Waals surface area contributed by atoms with E-state index in [-0.39, 0.29) is 17.5 Å². The highest BCUT2D eigenvalue weighted by Crippen LogP contribution is 2.26. The summed E-state index contributed by atoms with van der Waals surface area (Å²) in [6.07, 6.45) is 0.0705. The Balaban J connectivity index is 1.46. The summed E-state index contributed by atoms with van der Waals surface area (Å²) in [7, 11) is 3.18. The van der Waals surface area contributed by atoms with Gasteiger partial charge in [-0.15, -0.1) is 0 Å². The molecule has 0 fully saturated rings. The Kier molecular flexibility index (Phi) is 7.44. The van der Waals surface area contributed by atoms with Gasteiger partial charge in [0.1, 0.15) is 11.8 Å². The molecule has 4 rings (SSSR count). The number of hydrogen-bond acceptors (Lipinski definition) is 6. The monoisotopic (exact) mass is 486 g/mol. The minimum absolute atomic E-state index is 0.0705. The van der Waals surface area contributed by atoms with Crippen LogP contribution in [0.2, 0.25) is 0 Å². The van der Waals surface area contributed by atoms with E-state index >= 15 is 0 Å². The molecule has 1 aliphatic rings. The van der Waals surface area contributed by atoms with Crippen molar-refractivity contribution in [3.63, 3.8) is 0 Å². The second-order valence-electron chi connectivity index (χ2n) is 8.44. The van der Waals surface area contributed by atoms with E-state index in [4.69, 9.17) is 9.47 Å². The molecule has 1 heterocycles. The fraction of sp³-hybridized carbons (Fsp3) is 0.214. The Morgan fingerprint density at radius 3 is 2.00 bits per heavy atom. The van der Waals surface area contributed by atoms with E-state index in [1.54, 1.807) is 74.8 Å². The van der Waals surface area contributed by atoms with Crippen molar-refractivity contribution >= 4 is 23.7 Å². The van der Waals surface area contributed by atoms with Gasteiger partial charge in [0.15, 0.2) is 6.61 Å². The van der Waals surface area contributed by atoms with Gasteiger partial charge in [0.05, 0.1) is 18.2 Å². The van der Waals surface area contributed by atoms with Crippen LogP contribution in [-0.4, -0.2) is 60.3 Å². The fourth-order valence-corrected chi connectivity index (χ4v) is 4.04. The molecule has 1 atom stereocenters. The molecule has 0 aromatic heterocycles. The molecule has 0 saturated carbocycles. The molecule has 184 valence electrons. The van der Waals surface area contributed by atoms with E-state index in [9.17, 15) is 19.2 Å². The normalized spacial score (nSPS) is 13.2. The molecule has 3 aromatic rings. The van der Waals surface area contributed by atoms with Crippen LogP contribution in [0.25, 0.3) is 0 Å². The number of amides is 3. The van der Waals surface area contributed by atoms with Crippen LogP contribution in [-0.2, 0) is 27.3 Å². The lowest BCUT2D eigenvalue weighted by molar-refractivity contribution is -0.155. The summed E-state index contributed by atoms with van der Waals surface area (Å²) in [5, 5.41) is 0. The van der Waals surface area contributed by atoms with Gasteiger partial charge in [-0.3, -0.25) is 19.3 Å². The summed E-state index contributed by atoms with van der Waals surface area (Å²) in [6.45, 7) is -0.202.